The van der Waals surface area contributed by atoms with E-state index in [1.165, 1.54) is 0 Å². The summed E-state index contributed by atoms with van der Waals surface area (Å²) in [4.78, 5) is 4.11. The fraction of sp³-hybridized carbons (Fsp3) is 0.875. The SMILES string of the molecule is CC(C)C(C)N=C=NN(C)C. The molecule has 0 bridgehead atoms. The third-order valence-corrected chi connectivity index (χ3v) is 1.47. The van der Waals surface area contributed by atoms with Crippen molar-refractivity contribution >= 4 is 6.01 Å². The summed E-state index contributed by atoms with van der Waals surface area (Å²) >= 11 is 0. The summed E-state index contributed by atoms with van der Waals surface area (Å²) in [6, 6.07) is 2.95. The van der Waals surface area contributed by atoms with Crippen molar-refractivity contribution in [3.8, 4) is 0 Å². The average molecular weight is 155 g/mol. The van der Waals surface area contributed by atoms with Crippen LogP contribution in [0.25, 0.3) is 0 Å². The van der Waals surface area contributed by atoms with Gasteiger partial charge < -0.3 is 0 Å². The molecule has 0 aliphatic rings. The minimum absolute atomic E-state index is 0.304. The fourth-order valence-electron chi connectivity index (χ4n) is 0.355. The first-order chi connectivity index (χ1) is 5.04. The molecule has 0 N–H and O–H groups in total. The van der Waals surface area contributed by atoms with Crippen LogP contribution in [0.4, 0.5) is 0 Å². The van der Waals surface area contributed by atoms with Gasteiger partial charge in [-0.05, 0) is 12.8 Å². The zero-order valence-corrected chi connectivity index (χ0v) is 8.00. The molecule has 0 aliphatic carbocycles. The summed E-state index contributed by atoms with van der Waals surface area (Å²) in [5, 5.41) is 5.54. The Hall–Kier alpha value is -0.820. The average Bonchev–Trinajstić information content (AvgIpc) is 1.86. The van der Waals surface area contributed by atoms with Crippen LogP contribution in [0.3, 0.4) is 0 Å². The molecule has 0 saturated carbocycles. The van der Waals surface area contributed by atoms with Crippen LogP contribution in [0.2, 0.25) is 0 Å². The molecule has 0 heterocycles. The van der Waals surface area contributed by atoms with Crippen molar-refractivity contribution in [3.05, 3.63) is 0 Å². The maximum atomic E-state index is 4.11. The summed E-state index contributed by atoms with van der Waals surface area (Å²) in [7, 11) is 3.70. The van der Waals surface area contributed by atoms with Crippen molar-refractivity contribution in [2.75, 3.05) is 14.1 Å². The van der Waals surface area contributed by atoms with Crippen molar-refractivity contribution in [1.29, 1.82) is 0 Å². The third kappa shape index (κ3) is 5.62. The first-order valence-corrected chi connectivity index (χ1v) is 3.87. The van der Waals surface area contributed by atoms with E-state index in [9.17, 15) is 0 Å². The fourth-order valence-corrected chi connectivity index (χ4v) is 0.355. The predicted molar refractivity (Wildman–Crippen MR) is 47.9 cm³/mol. The van der Waals surface area contributed by atoms with E-state index in [1.807, 2.05) is 14.1 Å². The van der Waals surface area contributed by atoms with Crippen LogP contribution in [0.1, 0.15) is 20.8 Å². The third-order valence-electron chi connectivity index (χ3n) is 1.47. The second-order valence-corrected chi connectivity index (χ2v) is 3.16. The van der Waals surface area contributed by atoms with E-state index in [0.29, 0.717) is 12.0 Å². The maximum Gasteiger partial charge on any atom is 0.115 e. The Labute approximate surface area is 68.8 Å². The molecule has 0 fully saturated rings. The van der Waals surface area contributed by atoms with Gasteiger partial charge in [-0.3, -0.25) is 5.01 Å². The highest BCUT2D eigenvalue weighted by Gasteiger charge is 2.01. The van der Waals surface area contributed by atoms with E-state index >= 15 is 0 Å². The number of hydrazone groups is 1. The van der Waals surface area contributed by atoms with Gasteiger partial charge in [-0.2, -0.15) is 0 Å². The van der Waals surface area contributed by atoms with Crippen molar-refractivity contribution in [2.45, 2.75) is 26.8 Å². The van der Waals surface area contributed by atoms with Gasteiger partial charge in [-0.15, -0.1) is 5.10 Å². The van der Waals surface area contributed by atoms with Gasteiger partial charge in [0.1, 0.15) is 6.01 Å². The van der Waals surface area contributed by atoms with Crippen molar-refractivity contribution in [2.24, 2.45) is 16.0 Å². The molecule has 3 heteroatoms. The van der Waals surface area contributed by atoms with Crippen LogP contribution in [-0.4, -0.2) is 31.2 Å². The number of hydrogen-bond acceptors (Lipinski definition) is 3. The molecule has 3 nitrogen and oxygen atoms in total. The van der Waals surface area contributed by atoms with Crippen LogP contribution in [0.15, 0.2) is 10.1 Å². The molecule has 1 atom stereocenters. The van der Waals surface area contributed by atoms with E-state index in [2.05, 4.69) is 36.9 Å². The highest BCUT2D eigenvalue weighted by Crippen LogP contribution is 2.02. The largest absolute Gasteiger partial charge is 0.294 e. The molecular formula is C8H17N3. The lowest BCUT2D eigenvalue weighted by Gasteiger charge is -2.06. The van der Waals surface area contributed by atoms with Crippen LogP contribution in [-0.2, 0) is 0 Å². The second-order valence-electron chi connectivity index (χ2n) is 3.16. The predicted octanol–water partition coefficient (Wildman–Crippen LogP) is 1.68. The molecule has 0 aromatic heterocycles. The Bertz CT molecular complexity index is 155. The first-order valence-electron chi connectivity index (χ1n) is 3.87. The van der Waals surface area contributed by atoms with Crippen LogP contribution < -0.4 is 0 Å². The van der Waals surface area contributed by atoms with E-state index in [1.54, 1.807) is 5.01 Å². The molecule has 0 spiro atoms. The monoisotopic (exact) mass is 155 g/mol. The van der Waals surface area contributed by atoms with E-state index < -0.39 is 0 Å². The topological polar surface area (TPSA) is 28.0 Å². The highest BCUT2D eigenvalue weighted by atomic mass is 15.4. The van der Waals surface area contributed by atoms with Gasteiger partial charge in [0.2, 0.25) is 0 Å². The van der Waals surface area contributed by atoms with Gasteiger partial charge in [0, 0.05) is 14.1 Å². The minimum atomic E-state index is 0.304. The van der Waals surface area contributed by atoms with Crippen LogP contribution >= 0.6 is 0 Å². The quantitative estimate of drug-likeness (QED) is 0.450. The Kier molecular flexibility index (Phi) is 4.55. The molecule has 0 saturated heterocycles. The Morgan fingerprint density at radius 2 is 1.73 bits per heavy atom. The molecule has 11 heavy (non-hydrogen) atoms. The number of hydrogen-bond donors (Lipinski definition) is 0. The number of rotatable bonds is 3. The number of aliphatic imine (C=N–C) groups is 1. The van der Waals surface area contributed by atoms with Gasteiger partial charge in [-0.25, -0.2) is 4.99 Å². The maximum absolute atomic E-state index is 4.11. The molecule has 0 radical (unpaired) electrons. The first kappa shape index (κ1) is 10.2. The van der Waals surface area contributed by atoms with Gasteiger partial charge >= 0.3 is 0 Å². The molecule has 0 aromatic carbocycles. The van der Waals surface area contributed by atoms with E-state index in [0.717, 1.165) is 0 Å². The summed E-state index contributed by atoms with van der Waals surface area (Å²) in [6.07, 6.45) is 0. The Morgan fingerprint density at radius 1 is 1.18 bits per heavy atom. The lowest BCUT2D eigenvalue weighted by atomic mass is 10.1. The lowest BCUT2D eigenvalue weighted by molar-refractivity contribution is 0.439. The second kappa shape index (κ2) is 4.91. The highest BCUT2D eigenvalue weighted by molar-refractivity contribution is 5.40. The van der Waals surface area contributed by atoms with Gasteiger partial charge in [0.05, 0.1) is 6.04 Å². The Morgan fingerprint density at radius 3 is 2.09 bits per heavy atom. The van der Waals surface area contributed by atoms with Gasteiger partial charge in [0.25, 0.3) is 0 Å². The van der Waals surface area contributed by atoms with E-state index in [4.69, 9.17) is 0 Å². The zero-order chi connectivity index (χ0) is 8.85. The normalized spacial score (nSPS) is 12.2. The summed E-state index contributed by atoms with van der Waals surface area (Å²) in [5.41, 5.74) is 0. The van der Waals surface area contributed by atoms with Crippen LogP contribution in [0.5, 0.6) is 0 Å². The molecule has 0 aliphatic heterocycles. The molecule has 64 valence electrons. The minimum Gasteiger partial charge on any atom is -0.294 e. The van der Waals surface area contributed by atoms with Gasteiger partial charge in [-0.1, -0.05) is 13.8 Å². The van der Waals surface area contributed by atoms with Crippen LogP contribution in [0, 0.1) is 5.92 Å². The molecular weight excluding hydrogens is 138 g/mol. The van der Waals surface area contributed by atoms with Crippen molar-refractivity contribution in [1.82, 2.24) is 5.01 Å². The number of nitrogens with zero attached hydrogens (tertiary/aromatic N) is 3. The molecule has 0 amide bonds. The standard InChI is InChI=1S/C8H17N3/c1-7(2)8(3)9-6-10-11(4)5/h7-8H,1-5H3. The van der Waals surface area contributed by atoms with Gasteiger partial charge in [0.15, 0.2) is 0 Å². The zero-order valence-electron chi connectivity index (χ0n) is 8.00. The molecule has 0 rings (SSSR count). The molecule has 0 aromatic rings. The summed E-state index contributed by atoms with van der Waals surface area (Å²) in [6.45, 7) is 6.32. The smallest absolute Gasteiger partial charge is 0.115 e. The van der Waals surface area contributed by atoms with Crippen molar-refractivity contribution < 1.29 is 0 Å². The molecule has 1 unspecified atom stereocenters. The Balaban J connectivity index is 3.91. The summed E-state index contributed by atoms with van der Waals surface area (Å²) < 4.78 is 0. The summed E-state index contributed by atoms with van der Waals surface area (Å²) in [5.74, 6) is 0.555. The van der Waals surface area contributed by atoms with E-state index in [-0.39, 0.29) is 0 Å². The van der Waals surface area contributed by atoms with Crippen molar-refractivity contribution in [3.63, 3.8) is 0 Å². The lowest BCUT2D eigenvalue weighted by Crippen LogP contribution is -2.07.